The van der Waals surface area contributed by atoms with Crippen molar-refractivity contribution in [3.05, 3.63) is 24.3 Å². The Kier molecular flexibility index (Phi) is 7.68. The van der Waals surface area contributed by atoms with E-state index in [1.54, 1.807) is 0 Å². The Balaban J connectivity index is 1.49. The summed E-state index contributed by atoms with van der Waals surface area (Å²) < 4.78 is 0. The fourth-order valence-corrected chi connectivity index (χ4v) is 6.97. The summed E-state index contributed by atoms with van der Waals surface area (Å²) in [6.07, 6.45) is 20.5. The van der Waals surface area contributed by atoms with Gasteiger partial charge in [0.25, 0.3) is 0 Å². The number of aliphatic hydroxyl groups excluding tert-OH is 1. The summed E-state index contributed by atoms with van der Waals surface area (Å²) in [7, 11) is 0. The van der Waals surface area contributed by atoms with Crippen molar-refractivity contribution < 1.29 is 15.0 Å². The second-order valence-corrected chi connectivity index (χ2v) is 9.78. The zero-order valence-corrected chi connectivity index (χ0v) is 16.6. The molecule has 0 amide bonds. The zero-order chi connectivity index (χ0) is 18.4. The lowest BCUT2D eigenvalue weighted by Gasteiger charge is -2.28. The minimum atomic E-state index is -0.704. The van der Waals surface area contributed by atoms with Crippen molar-refractivity contribution in [3.8, 4) is 0 Å². The van der Waals surface area contributed by atoms with Crippen molar-refractivity contribution in [3.63, 3.8) is 0 Å². The van der Waals surface area contributed by atoms with Crippen LogP contribution in [0.15, 0.2) is 24.3 Å². The van der Waals surface area contributed by atoms with Gasteiger partial charge in [0.1, 0.15) is 0 Å². The number of aliphatic hydroxyl groups is 1. The van der Waals surface area contributed by atoms with Crippen LogP contribution in [0, 0.1) is 17.8 Å². The Morgan fingerprint density at radius 2 is 1.85 bits per heavy atom. The third kappa shape index (κ3) is 5.39. The van der Waals surface area contributed by atoms with Gasteiger partial charge in [-0.15, -0.1) is 0 Å². The molecule has 0 radical (unpaired) electrons. The van der Waals surface area contributed by atoms with Crippen molar-refractivity contribution in [2.24, 2.45) is 17.8 Å². The zero-order valence-electron chi connectivity index (χ0n) is 15.8. The minimum absolute atomic E-state index is 0.258. The summed E-state index contributed by atoms with van der Waals surface area (Å²) in [5, 5.41) is 20.8. The first-order valence-electron chi connectivity index (χ1n) is 10.5. The Morgan fingerprint density at radius 3 is 2.62 bits per heavy atom. The smallest absolute Gasteiger partial charge is 0.303 e. The fraction of sp³-hybridized carbons (Fsp3) is 0.773. The molecule has 2 N–H and O–H groups in total. The van der Waals surface area contributed by atoms with Gasteiger partial charge in [-0.3, -0.25) is 4.79 Å². The van der Waals surface area contributed by atoms with Gasteiger partial charge < -0.3 is 10.2 Å². The van der Waals surface area contributed by atoms with E-state index in [1.165, 1.54) is 44.9 Å². The highest BCUT2D eigenvalue weighted by Gasteiger charge is 2.46. The number of rotatable bonds is 9. The SMILES string of the molecule is O=C(O)CCC/C=C\C[C@H]1[C@@H](/C=C/C(O)C2CCCCC2)[C@H]2CC[C@@H]1S2. The molecule has 0 aromatic heterocycles. The van der Waals surface area contributed by atoms with Crippen LogP contribution >= 0.6 is 11.8 Å². The molecular weight excluding hydrogens is 344 g/mol. The number of allylic oxidation sites excluding steroid dienone is 3. The van der Waals surface area contributed by atoms with Crippen LogP contribution in [0.1, 0.15) is 70.6 Å². The van der Waals surface area contributed by atoms with Crippen molar-refractivity contribution in [2.75, 3.05) is 0 Å². The number of carboxylic acid groups (broad SMARTS) is 1. The Hall–Kier alpha value is -0.740. The van der Waals surface area contributed by atoms with Crippen molar-refractivity contribution in [2.45, 2.75) is 87.2 Å². The number of hydrogen-bond acceptors (Lipinski definition) is 3. The quantitative estimate of drug-likeness (QED) is 0.428. The van der Waals surface area contributed by atoms with Crippen LogP contribution in [0.2, 0.25) is 0 Å². The lowest BCUT2D eigenvalue weighted by Crippen LogP contribution is -2.26. The molecule has 3 fully saturated rings. The van der Waals surface area contributed by atoms with E-state index in [4.69, 9.17) is 5.11 Å². The summed E-state index contributed by atoms with van der Waals surface area (Å²) in [5.74, 6) is 1.05. The molecule has 2 bridgehead atoms. The first-order valence-corrected chi connectivity index (χ1v) is 11.5. The van der Waals surface area contributed by atoms with Crippen LogP contribution in [-0.4, -0.2) is 32.8 Å². The van der Waals surface area contributed by atoms with E-state index in [1.807, 2.05) is 0 Å². The molecular formula is C22H34O3S. The van der Waals surface area contributed by atoms with E-state index in [2.05, 4.69) is 36.1 Å². The van der Waals surface area contributed by atoms with Crippen molar-refractivity contribution in [1.29, 1.82) is 0 Å². The summed E-state index contributed by atoms with van der Waals surface area (Å²) >= 11 is 2.16. The molecule has 3 nitrogen and oxygen atoms in total. The summed E-state index contributed by atoms with van der Waals surface area (Å²) in [6, 6.07) is 0. The number of unbranched alkanes of at least 4 members (excludes halogenated alkanes) is 1. The average molecular weight is 379 g/mol. The minimum Gasteiger partial charge on any atom is -0.481 e. The van der Waals surface area contributed by atoms with E-state index in [9.17, 15) is 9.90 Å². The predicted molar refractivity (Wildman–Crippen MR) is 108 cm³/mol. The summed E-state index contributed by atoms with van der Waals surface area (Å²) in [5.41, 5.74) is 0. The van der Waals surface area contributed by atoms with Crippen LogP contribution in [0.5, 0.6) is 0 Å². The Labute approximate surface area is 162 Å². The molecule has 5 atom stereocenters. The average Bonchev–Trinajstić information content (AvgIpc) is 3.24. The van der Waals surface area contributed by atoms with Gasteiger partial charge in [0.2, 0.25) is 0 Å². The van der Waals surface area contributed by atoms with Gasteiger partial charge in [-0.05, 0) is 62.7 Å². The number of thioether (sulfide) groups is 1. The molecule has 0 aromatic carbocycles. The third-order valence-electron chi connectivity index (χ3n) is 6.49. The van der Waals surface area contributed by atoms with Crippen LogP contribution in [0.4, 0.5) is 0 Å². The molecule has 26 heavy (non-hydrogen) atoms. The third-order valence-corrected chi connectivity index (χ3v) is 8.32. The maximum atomic E-state index is 10.6. The van der Waals surface area contributed by atoms with E-state index in [-0.39, 0.29) is 12.5 Å². The number of aliphatic carboxylic acids is 1. The van der Waals surface area contributed by atoms with Crippen molar-refractivity contribution in [1.82, 2.24) is 0 Å². The normalized spacial score (nSPS) is 33.4. The second-order valence-electron chi connectivity index (χ2n) is 8.30. The molecule has 146 valence electrons. The number of carboxylic acids is 1. The highest BCUT2D eigenvalue weighted by Crippen LogP contribution is 2.54. The van der Waals surface area contributed by atoms with Gasteiger partial charge in [-0.25, -0.2) is 0 Å². The van der Waals surface area contributed by atoms with E-state index in [0.717, 1.165) is 29.8 Å². The highest BCUT2D eigenvalue weighted by atomic mass is 32.2. The van der Waals surface area contributed by atoms with Gasteiger partial charge in [-0.1, -0.05) is 43.6 Å². The Morgan fingerprint density at radius 1 is 1.08 bits per heavy atom. The number of carbonyl (C=O) groups is 1. The van der Waals surface area contributed by atoms with E-state index < -0.39 is 5.97 Å². The van der Waals surface area contributed by atoms with Gasteiger partial charge in [0.05, 0.1) is 6.10 Å². The lowest BCUT2D eigenvalue weighted by molar-refractivity contribution is -0.137. The van der Waals surface area contributed by atoms with Crippen LogP contribution < -0.4 is 0 Å². The topological polar surface area (TPSA) is 57.5 Å². The molecule has 3 aliphatic rings. The van der Waals surface area contributed by atoms with Crippen LogP contribution in [0.3, 0.4) is 0 Å². The summed E-state index contributed by atoms with van der Waals surface area (Å²) in [4.78, 5) is 10.6. The van der Waals surface area contributed by atoms with Crippen molar-refractivity contribution >= 4 is 17.7 Å². The van der Waals surface area contributed by atoms with Gasteiger partial charge in [0, 0.05) is 16.9 Å². The Bertz CT molecular complexity index is 510. The molecule has 1 aliphatic carbocycles. The van der Waals surface area contributed by atoms with E-state index >= 15 is 0 Å². The van der Waals surface area contributed by atoms with Gasteiger partial charge >= 0.3 is 5.97 Å². The monoisotopic (exact) mass is 378 g/mol. The maximum Gasteiger partial charge on any atom is 0.303 e. The molecule has 0 spiro atoms. The molecule has 2 aliphatic heterocycles. The standard InChI is InChI=1S/C22H34O3S/c23-19(16-8-4-3-5-9-16)13-12-18-17(20-14-15-21(18)26-20)10-6-1-2-7-11-22(24)25/h1,6,12-13,16-21,23H,2-5,7-11,14-15H2,(H,24,25)/b6-1-,13-12+/t17-,18+,19?,20-,21+/m0/s1. The van der Waals surface area contributed by atoms with Crippen LogP contribution in [-0.2, 0) is 4.79 Å². The molecule has 1 unspecified atom stereocenters. The molecule has 2 saturated heterocycles. The fourth-order valence-electron chi connectivity index (χ4n) is 5.00. The molecule has 2 heterocycles. The molecule has 3 rings (SSSR count). The molecule has 1 saturated carbocycles. The predicted octanol–water partition coefficient (Wildman–Crippen LogP) is 5.20. The van der Waals surface area contributed by atoms with Crippen LogP contribution in [0.25, 0.3) is 0 Å². The number of hydrogen-bond donors (Lipinski definition) is 2. The molecule has 4 heteroatoms. The maximum absolute atomic E-state index is 10.6. The summed E-state index contributed by atoms with van der Waals surface area (Å²) in [6.45, 7) is 0. The van der Waals surface area contributed by atoms with E-state index in [0.29, 0.717) is 17.8 Å². The van der Waals surface area contributed by atoms with Gasteiger partial charge in [0.15, 0.2) is 0 Å². The highest BCUT2D eigenvalue weighted by molar-refractivity contribution is 8.01. The number of fused-ring (bicyclic) bond motifs is 2. The van der Waals surface area contributed by atoms with Gasteiger partial charge in [-0.2, -0.15) is 11.8 Å². The lowest BCUT2D eigenvalue weighted by atomic mass is 9.76. The largest absolute Gasteiger partial charge is 0.481 e. The molecule has 0 aromatic rings. The second kappa shape index (κ2) is 9.98. The first-order chi connectivity index (χ1) is 12.6. The first kappa shape index (κ1) is 20.0.